The lowest BCUT2D eigenvalue weighted by atomic mass is 9.95. The second-order valence-electron chi connectivity index (χ2n) is 5.59. The van der Waals surface area contributed by atoms with Gasteiger partial charge < -0.3 is 15.3 Å². The predicted octanol–water partition coefficient (Wildman–Crippen LogP) is 0.395. The largest absolute Gasteiger partial charge is 0.377 e. The summed E-state index contributed by atoms with van der Waals surface area (Å²) in [7, 11) is 5.43. The van der Waals surface area contributed by atoms with Crippen LogP contribution in [0.4, 0.5) is 0 Å². The van der Waals surface area contributed by atoms with Crippen LogP contribution < -0.4 is 10.6 Å². The second-order valence-corrected chi connectivity index (χ2v) is 5.59. The fraction of sp³-hybridized carbons (Fsp3) is 0.923. The van der Waals surface area contributed by atoms with Crippen LogP contribution in [0, 0.1) is 5.92 Å². The van der Waals surface area contributed by atoms with Gasteiger partial charge in [0.25, 0.3) is 0 Å². The van der Waals surface area contributed by atoms with E-state index >= 15 is 0 Å². The average Bonchev–Trinajstić information content (AvgIpc) is 2.33. The van der Waals surface area contributed by atoms with Gasteiger partial charge >= 0.3 is 0 Å². The zero-order valence-corrected chi connectivity index (χ0v) is 12.7. The Morgan fingerprint density at radius 3 is 2.22 bits per heavy atom. The minimum atomic E-state index is -0.774. The lowest BCUT2D eigenvalue weighted by Crippen LogP contribution is -2.61. The van der Waals surface area contributed by atoms with E-state index in [1.54, 1.807) is 7.05 Å². The Kier molecular flexibility index (Phi) is 6.81. The topological polar surface area (TPSA) is 64.6 Å². The summed E-state index contributed by atoms with van der Waals surface area (Å²) in [4.78, 5) is 13.8. The number of aliphatic hydroxyl groups is 1. The number of rotatable bonds is 7. The molecular formula is C13H29N3O2. The first-order valence-electron chi connectivity index (χ1n) is 6.51. The van der Waals surface area contributed by atoms with E-state index in [1.807, 2.05) is 46.7 Å². The van der Waals surface area contributed by atoms with Crippen LogP contribution in [0.3, 0.4) is 0 Å². The highest BCUT2D eigenvalue weighted by Gasteiger charge is 2.34. The van der Waals surface area contributed by atoms with Gasteiger partial charge in [-0.25, -0.2) is 0 Å². The Hall–Kier alpha value is -0.650. The molecule has 5 nitrogen and oxygen atoms in total. The number of likely N-dealkylation sites (N-methyl/N-ethyl adjacent to an activating group) is 2. The molecule has 0 aliphatic heterocycles. The second kappa shape index (κ2) is 7.07. The summed E-state index contributed by atoms with van der Waals surface area (Å²) in [6.45, 7) is 7.90. The fourth-order valence-electron chi connectivity index (χ4n) is 1.51. The Bertz CT molecular complexity index is 267. The zero-order valence-electron chi connectivity index (χ0n) is 12.7. The summed E-state index contributed by atoms with van der Waals surface area (Å²) in [6.07, 6.45) is 0.101. The molecule has 0 saturated heterocycles. The summed E-state index contributed by atoms with van der Waals surface area (Å²) < 4.78 is 0. The van der Waals surface area contributed by atoms with Crippen LogP contribution in [-0.2, 0) is 4.79 Å². The first-order chi connectivity index (χ1) is 8.18. The molecule has 0 aromatic rings. The van der Waals surface area contributed by atoms with Crippen LogP contribution in [0.2, 0.25) is 0 Å². The maximum Gasteiger partial charge on any atom is 0.237 e. The Balaban J connectivity index is 4.83. The van der Waals surface area contributed by atoms with Gasteiger partial charge in [-0.15, -0.1) is 0 Å². The van der Waals surface area contributed by atoms with Gasteiger partial charge in [-0.3, -0.25) is 10.1 Å². The Morgan fingerprint density at radius 1 is 1.39 bits per heavy atom. The number of amides is 1. The van der Waals surface area contributed by atoms with E-state index in [0.717, 1.165) is 6.42 Å². The van der Waals surface area contributed by atoms with Crippen molar-refractivity contribution in [3.63, 3.8) is 0 Å². The number of hydrogen-bond donors (Lipinski definition) is 3. The maximum absolute atomic E-state index is 11.8. The first kappa shape index (κ1) is 17.4. The third-order valence-electron chi connectivity index (χ3n) is 3.90. The molecule has 108 valence electrons. The highest BCUT2D eigenvalue weighted by atomic mass is 16.3. The molecule has 0 aliphatic rings. The van der Waals surface area contributed by atoms with E-state index in [0.29, 0.717) is 0 Å². The average molecular weight is 259 g/mol. The van der Waals surface area contributed by atoms with Crippen molar-refractivity contribution in [2.45, 2.75) is 51.9 Å². The van der Waals surface area contributed by atoms with E-state index in [-0.39, 0.29) is 17.9 Å². The molecule has 0 aromatic carbocycles. The summed E-state index contributed by atoms with van der Waals surface area (Å²) in [5, 5.41) is 16.0. The lowest BCUT2D eigenvalue weighted by Gasteiger charge is -2.39. The van der Waals surface area contributed by atoms with Gasteiger partial charge in [0.15, 0.2) is 0 Å². The molecule has 0 aliphatic carbocycles. The van der Waals surface area contributed by atoms with E-state index in [4.69, 9.17) is 0 Å². The van der Waals surface area contributed by atoms with Gasteiger partial charge in [0.2, 0.25) is 5.91 Å². The molecule has 3 atom stereocenters. The van der Waals surface area contributed by atoms with Crippen molar-refractivity contribution in [3.8, 4) is 0 Å². The number of aliphatic hydroxyl groups excluding tert-OH is 1. The van der Waals surface area contributed by atoms with Crippen LogP contribution >= 0.6 is 0 Å². The molecule has 0 radical (unpaired) electrons. The summed E-state index contributed by atoms with van der Waals surface area (Å²) in [5.74, 6) is 0.0792. The monoisotopic (exact) mass is 259 g/mol. The van der Waals surface area contributed by atoms with Crippen molar-refractivity contribution in [1.82, 2.24) is 15.5 Å². The van der Waals surface area contributed by atoms with Gasteiger partial charge in [-0.2, -0.15) is 0 Å². The third kappa shape index (κ3) is 4.23. The summed E-state index contributed by atoms with van der Waals surface area (Å²) in [5.41, 5.74) is -0.445. The molecule has 1 amide bonds. The standard InChI is InChI=1S/C13H29N3O2/c1-8-9(2)10(11(17)14-5)15-12(18)13(3,4)16(6)7/h9-10,12,15,18H,8H2,1-7H3,(H,14,17)/t9-,10-,12?/m0/s1. The quantitative estimate of drug-likeness (QED) is 0.579. The number of carbonyl (C=O) groups is 1. The van der Waals surface area contributed by atoms with Crippen LogP contribution in [-0.4, -0.2) is 54.9 Å². The van der Waals surface area contributed by atoms with Crippen LogP contribution in [0.15, 0.2) is 0 Å². The molecule has 0 heterocycles. The molecule has 0 bridgehead atoms. The maximum atomic E-state index is 11.8. The Labute approximate surface area is 111 Å². The Morgan fingerprint density at radius 2 is 1.89 bits per heavy atom. The molecule has 0 fully saturated rings. The van der Waals surface area contributed by atoms with Gasteiger partial charge in [-0.1, -0.05) is 20.3 Å². The van der Waals surface area contributed by atoms with Crippen molar-refractivity contribution in [2.75, 3.05) is 21.1 Å². The third-order valence-corrected chi connectivity index (χ3v) is 3.90. The number of hydrogen-bond acceptors (Lipinski definition) is 4. The first-order valence-corrected chi connectivity index (χ1v) is 6.51. The van der Waals surface area contributed by atoms with E-state index in [1.165, 1.54) is 0 Å². The van der Waals surface area contributed by atoms with Crippen molar-refractivity contribution >= 4 is 5.91 Å². The van der Waals surface area contributed by atoms with Gasteiger partial charge in [0.1, 0.15) is 6.23 Å². The minimum absolute atomic E-state index is 0.0852. The van der Waals surface area contributed by atoms with E-state index < -0.39 is 11.8 Å². The number of nitrogens with zero attached hydrogens (tertiary/aromatic N) is 1. The molecule has 18 heavy (non-hydrogen) atoms. The SMILES string of the molecule is CC[C@H](C)[C@H](NC(O)C(C)(C)N(C)C)C(=O)NC. The van der Waals surface area contributed by atoms with Crippen LogP contribution in [0.25, 0.3) is 0 Å². The van der Waals surface area contributed by atoms with E-state index in [9.17, 15) is 9.90 Å². The van der Waals surface area contributed by atoms with Crippen molar-refractivity contribution in [1.29, 1.82) is 0 Å². The molecule has 0 aromatic heterocycles. The highest BCUT2D eigenvalue weighted by molar-refractivity contribution is 5.81. The summed E-state index contributed by atoms with van der Waals surface area (Å²) in [6, 6.07) is -0.380. The lowest BCUT2D eigenvalue weighted by molar-refractivity contribution is -0.126. The number of carbonyl (C=O) groups excluding carboxylic acids is 1. The fourth-order valence-corrected chi connectivity index (χ4v) is 1.51. The molecule has 3 N–H and O–H groups in total. The molecule has 0 rings (SSSR count). The highest BCUT2D eigenvalue weighted by Crippen LogP contribution is 2.16. The van der Waals surface area contributed by atoms with Gasteiger partial charge in [0.05, 0.1) is 11.6 Å². The van der Waals surface area contributed by atoms with Gasteiger partial charge in [0, 0.05) is 7.05 Å². The van der Waals surface area contributed by atoms with E-state index in [2.05, 4.69) is 10.6 Å². The van der Waals surface area contributed by atoms with Crippen molar-refractivity contribution in [2.24, 2.45) is 5.92 Å². The molecule has 5 heteroatoms. The van der Waals surface area contributed by atoms with Crippen LogP contribution in [0.5, 0.6) is 0 Å². The normalized spacial score (nSPS) is 17.4. The number of nitrogens with one attached hydrogen (secondary N) is 2. The van der Waals surface area contributed by atoms with Crippen molar-refractivity contribution < 1.29 is 9.90 Å². The van der Waals surface area contributed by atoms with Gasteiger partial charge in [-0.05, 0) is 33.9 Å². The minimum Gasteiger partial charge on any atom is -0.377 e. The molecule has 0 saturated carbocycles. The van der Waals surface area contributed by atoms with Crippen molar-refractivity contribution in [3.05, 3.63) is 0 Å². The van der Waals surface area contributed by atoms with Crippen LogP contribution in [0.1, 0.15) is 34.1 Å². The zero-order chi connectivity index (χ0) is 14.5. The molecule has 0 spiro atoms. The molecule has 1 unspecified atom stereocenters. The smallest absolute Gasteiger partial charge is 0.237 e. The predicted molar refractivity (Wildman–Crippen MR) is 74.2 cm³/mol. The summed E-state index contributed by atoms with van der Waals surface area (Å²) >= 11 is 0. The molecular weight excluding hydrogens is 230 g/mol.